The Hall–Kier alpha value is -2.88. The number of sulfonamides is 1. The average Bonchev–Trinajstić information content (AvgIpc) is 2.86. The molecule has 196 valence electrons. The van der Waals surface area contributed by atoms with Gasteiger partial charge in [-0.15, -0.1) is 0 Å². The van der Waals surface area contributed by atoms with E-state index in [1.165, 1.54) is 18.0 Å². The number of nitrogens with zero attached hydrogens (tertiary/aromatic N) is 2. The number of rotatable bonds is 10. The Kier molecular flexibility index (Phi) is 9.75. The molecule has 3 aromatic rings. The molecule has 2 amide bonds. The Morgan fingerprint density at radius 1 is 1.00 bits per heavy atom. The van der Waals surface area contributed by atoms with Crippen LogP contribution in [0.1, 0.15) is 16.7 Å². The van der Waals surface area contributed by atoms with Gasteiger partial charge in [0.25, 0.3) is 0 Å². The molecule has 3 aromatic carbocycles. The average molecular weight is 607 g/mol. The summed E-state index contributed by atoms with van der Waals surface area (Å²) >= 11 is 9.57. The maximum atomic E-state index is 13.9. The molecule has 0 unspecified atom stereocenters. The second kappa shape index (κ2) is 12.6. The van der Waals surface area contributed by atoms with Crippen LogP contribution in [0.2, 0.25) is 5.02 Å². The number of hydrogen-bond donors (Lipinski definition) is 1. The molecule has 0 radical (unpaired) electrons. The van der Waals surface area contributed by atoms with Crippen LogP contribution in [0.4, 0.5) is 5.69 Å². The second-order valence-electron chi connectivity index (χ2n) is 8.67. The third-order valence-corrected chi connectivity index (χ3v) is 7.79. The van der Waals surface area contributed by atoms with Gasteiger partial charge in [-0.1, -0.05) is 76.1 Å². The maximum Gasteiger partial charge on any atom is 0.244 e. The number of amides is 2. The van der Waals surface area contributed by atoms with Crippen LogP contribution in [0.25, 0.3) is 0 Å². The smallest absolute Gasteiger partial charge is 0.244 e. The van der Waals surface area contributed by atoms with Gasteiger partial charge in [-0.05, 0) is 47.9 Å². The maximum absolute atomic E-state index is 13.9. The number of benzene rings is 3. The van der Waals surface area contributed by atoms with Gasteiger partial charge >= 0.3 is 0 Å². The van der Waals surface area contributed by atoms with Crippen LogP contribution in [-0.4, -0.2) is 51.0 Å². The fourth-order valence-electron chi connectivity index (χ4n) is 3.95. The molecule has 1 N–H and O–H groups in total. The number of aryl methyl sites for hydroxylation is 1. The van der Waals surface area contributed by atoms with Gasteiger partial charge in [0.05, 0.1) is 11.9 Å². The summed E-state index contributed by atoms with van der Waals surface area (Å²) in [6, 6.07) is 20.8. The Labute approximate surface area is 231 Å². The molecule has 0 aliphatic heterocycles. The van der Waals surface area contributed by atoms with Gasteiger partial charge in [0.15, 0.2) is 0 Å². The predicted octanol–water partition coefficient (Wildman–Crippen LogP) is 4.56. The number of hydrogen-bond acceptors (Lipinski definition) is 4. The molecule has 1 atom stereocenters. The fourth-order valence-corrected chi connectivity index (χ4v) is 5.28. The van der Waals surface area contributed by atoms with E-state index in [4.69, 9.17) is 11.6 Å². The van der Waals surface area contributed by atoms with Gasteiger partial charge in [-0.3, -0.25) is 13.9 Å². The van der Waals surface area contributed by atoms with E-state index in [0.29, 0.717) is 16.3 Å². The van der Waals surface area contributed by atoms with E-state index in [9.17, 15) is 18.0 Å². The second-order valence-corrected chi connectivity index (χ2v) is 11.9. The molecule has 7 nitrogen and oxygen atoms in total. The lowest BCUT2D eigenvalue weighted by molar-refractivity contribution is -0.139. The van der Waals surface area contributed by atoms with Gasteiger partial charge in [-0.25, -0.2) is 8.42 Å². The summed E-state index contributed by atoms with van der Waals surface area (Å²) in [6.45, 7) is 1.37. The van der Waals surface area contributed by atoms with Crippen LogP contribution < -0.4 is 9.62 Å². The molecular weight excluding hydrogens is 578 g/mol. The normalized spacial score (nSPS) is 12.0. The molecule has 37 heavy (non-hydrogen) atoms. The molecule has 0 spiro atoms. The lowest BCUT2D eigenvalue weighted by Gasteiger charge is -2.33. The number of halogens is 2. The summed E-state index contributed by atoms with van der Waals surface area (Å²) in [7, 11) is -2.34. The lowest BCUT2D eigenvalue weighted by Crippen LogP contribution is -2.53. The minimum atomic E-state index is -3.85. The third-order valence-electron chi connectivity index (χ3n) is 5.90. The van der Waals surface area contributed by atoms with Crippen molar-refractivity contribution in [3.05, 3.63) is 99.0 Å². The first-order valence-electron chi connectivity index (χ1n) is 11.5. The van der Waals surface area contributed by atoms with E-state index in [2.05, 4.69) is 21.2 Å². The zero-order valence-electron chi connectivity index (χ0n) is 20.8. The van der Waals surface area contributed by atoms with Crippen LogP contribution in [-0.2, 0) is 32.6 Å². The van der Waals surface area contributed by atoms with Crippen LogP contribution in [0, 0.1) is 6.92 Å². The Balaban J connectivity index is 2.04. The van der Waals surface area contributed by atoms with E-state index in [0.717, 1.165) is 26.2 Å². The molecule has 0 aromatic heterocycles. The fraction of sp³-hybridized carbons (Fsp3) is 0.259. The van der Waals surface area contributed by atoms with Crippen molar-refractivity contribution in [2.24, 2.45) is 0 Å². The molecular formula is C27H29BrClN3O4S. The summed E-state index contributed by atoms with van der Waals surface area (Å²) in [5, 5.41) is 3.01. The van der Waals surface area contributed by atoms with Gasteiger partial charge in [0.2, 0.25) is 21.8 Å². The Morgan fingerprint density at radius 2 is 1.65 bits per heavy atom. The number of anilines is 1. The van der Waals surface area contributed by atoms with E-state index < -0.39 is 28.5 Å². The summed E-state index contributed by atoms with van der Waals surface area (Å²) in [5.41, 5.74) is 2.62. The van der Waals surface area contributed by atoms with E-state index in [1.807, 2.05) is 54.6 Å². The van der Waals surface area contributed by atoms with Crippen molar-refractivity contribution in [3.8, 4) is 0 Å². The van der Waals surface area contributed by atoms with E-state index >= 15 is 0 Å². The largest absolute Gasteiger partial charge is 0.357 e. The van der Waals surface area contributed by atoms with Crippen molar-refractivity contribution in [1.29, 1.82) is 0 Å². The molecule has 10 heteroatoms. The Morgan fingerprint density at radius 3 is 2.24 bits per heavy atom. The number of nitrogens with one attached hydrogen (secondary N) is 1. The monoisotopic (exact) mass is 605 g/mol. The molecule has 0 saturated heterocycles. The van der Waals surface area contributed by atoms with Crippen LogP contribution in [0.15, 0.2) is 77.3 Å². The molecule has 3 rings (SSSR count). The summed E-state index contributed by atoms with van der Waals surface area (Å²) in [4.78, 5) is 28.4. The minimum Gasteiger partial charge on any atom is -0.357 e. The first-order chi connectivity index (χ1) is 17.5. The molecule has 0 heterocycles. The SMILES string of the molecule is CNC(=O)[C@H](Cc1ccccc1)N(Cc1ccc(Br)cc1)C(=O)CN(c1cc(Cl)ccc1C)S(C)(=O)=O. The van der Waals surface area contributed by atoms with Gasteiger partial charge in [0.1, 0.15) is 12.6 Å². The number of carbonyl (C=O) groups is 2. The third kappa shape index (κ3) is 7.80. The molecule has 0 aliphatic rings. The summed E-state index contributed by atoms with van der Waals surface area (Å²) in [5.74, 6) is -0.864. The highest BCUT2D eigenvalue weighted by Gasteiger charge is 2.33. The predicted molar refractivity (Wildman–Crippen MR) is 151 cm³/mol. The van der Waals surface area contributed by atoms with Crippen molar-refractivity contribution in [2.75, 3.05) is 24.2 Å². The summed E-state index contributed by atoms with van der Waals surface area (Å²) < 4.78 is 27.6. The zero-order valence-corrected chi connectivity index (χ0v) is 24.0. The Bertz CT molecular complexity index is 1350. The topological polar surface area (TPSA) is 86.8 Å². The molecule has 0 fully saturated rings. The van der Waals surface area contributed by atoms with Crippen molar-refractivity contribution >= 4 is 55.1 Å². The quantitative estimate of drug-likeness (QED) is 0.367. The van der Waals surface area contributed by atoms with Crippen molar-refractivity contribution in [1.82, 2.24) is 10.2 Å². The molecule has 0 bridgehead atoms. The van der Waals surface area contributed by atoms with Gasteiger partial charge in [0, 0.05) is 29.5 Å². The van der Waals surface area contributed by atoms with Crippen molar-refractivity contribution in [2.45, 2.75) is 25.9 Å². The van der Waals surface area contributed by atoms with Crippen LogP contribution >= 0.6 is 27.5 Å². The van der Waals surface area contributed by atoms with Crippen LogP contribution in [0.5, 0.6) is 0 Å². The van der Waals surface area contributed by atoms with Gasteiger partial charge < -0.3 is 10.2 Å². The zero-order chi connectivity index (χ0) is 27.2. The molecule has 0 saturated carbocycles. The van der Waals surface area contributed by atoms with E-state index in [1.54, 1.807) is 19.1 Å². The first-order valence-corrected chi connectivity index (χ1v) is 14.5. The first kappa shape index (κ1) is 28.7. The van der Waals surface area contributed by atoms with Crippen LogP contribution in [0.3, 0.4) is 0 Å². The highest BCUT2D eigenvalue weighted by Crippen LogP contribution is 2.27. The highest BCUT2D eigenvalue weighted by molar-refractivity contribution is 9.10. The highest BCUT2D eigenvalue weighted by atomic mass is 79.9. The lowest BCUT2D eigenvalue weighted by atomic mass is 10.0. The van der Waals surface area contributed by atoms with E-state index in [-0.39, 0.29) is 18.9 Å². The van der Waals surface area contributed by atoms with Crippen molar-refractivity contribution < 1.29 is 18.0 Å². The number of carbonyl (C=O) groups excluding carboxylic acids is 2. The standard InChI is InChI=1S/C27H29BrClN3O4S/c1-19-9-14-23(29)16-24(19)32(37(3,35)36)18-26(33)31(17-21-10-12-22(28)13-11-21)25(27(34)30-2)15-20-7-5-4-6-8-20/h4-14,16,25H,15,17-18H2,1-3H3,(H,30,34)/t25-/m0/s1. The van der Waals surface area contributed by atoms with Gasteiger partial charge in [-0.2, -0.15) is 0 Å². The summed E-state index contributed by atoms with van der Waals surface area (Å²) in [6.07, 6.45) is 1.30. The number of likely N-dealkylation sites (N-methyl/N-ethyl adjacent to an activating group) is 1. The minimum absolute atomic E-state index is 0.114. The van der Waals surface area contributed by atoms with Crippen molar-refractivity contribution in [3.63, 3.8) is 0 Å². The molecule has 0 aliphatic carbocycles.